The molecule has 0 N–H and O–H groups in total. The molecule has 1 aromatic carbocycles. The van der Waals surface area contributed by atoms with Gasteiger partial charge in [-0.2, -0.15) is 0 Å². The molecule has 2 rings (SSSR count). The lowest BCUT2D eigenvalue weighted by Crippen LogP contribution is -2.33. The SMILES string of the molecule is C=C(COCc1ccccc1)[C@H]1CCN(C(=O)OCCCC)C=C1C. The summed E-state index contributed by atoms with van der Waals surface area (Å²) in [6.45, 7) is 10.6. The zero-order valence-corrected chi connectivity index (χ0v) is 15.4. The molecule has 4 nitrogen and oxygen atoms in total. The summed E-state index contributed by atoms with van der Waals surface area (Å²) >= 11 is 0. The Hall–Kier alpha value is -2.07. The van der Waals surface area contributed by atoms with Crippen molar-refractivity contribution in [1.82, 2.24) is 4.90 Å². The third-order valence-electron chi connectivity index (χ3n) is 4.42. The van der Waals surface area contributed by atoms with Crippen LogP contribution in [0.25, 0.3) is 0 Å². The first-order chi connectivity index (χ1) is 12.1. The highest BCUT2D eigenvalue weighted by Crippen LogP contribution is 2.28. The maximum atomic E-state index is 12.0. The maximum Gasteiger partial charge on any atom is 0.413 e. The highest BCUT2D eigenvalue weighted by atomic mass is 16.6. The van der Waals surface area contributed by atoms with Gasteiger partial charge in [-0.15, -0.1) is 0 Å². The van der Waals surface area contributed by atoms with E-state index in [1.165, 1.54) is 0 Å². The zero-order chi connectivity index (χ0) is 18.1. The summed E-state index contributed by atoms with van der Waals surface area (Å²) in [6, 6.07) is 10.1. The van der Waals surface area contributed by atoms with Gasteiger partial charge in [-0.3, -0.25) is 4.90 Å². The summed E-state index contributed by atoms with van der Waals surface area (Å²) in [5, 5.41) is 0. The van der Waals surface area contributed by atoms with E-state index in [9.17, 15) is 4.79 Å². The van der Waals surface area contributed by atoms with Gasteiger partial charge < -0.3 is 9.47 Å². The van der Waals surface area contributed by atoms with E-state index < -0.39 is 0 Å². The first kappa shape index (κ1) is 19.3. The molecule has 1 aliphatic rings. The molecule has 1 aliphatic heterocycles. The van der Waals surface area contributed by atoms with E-state index >= 15 is 0 Å². The third-order valence-corrected chi connectivity index (χ3v) is 4.42. The van der Waals surface area contributed by atoms with Gasteiger partial charge in [0.15, 0.2) is 0 Å². The van der Waals surface area contributed by atoms with Crippen molar-refractivity contribution in [3.05, 3.63) is 59.8 Å². The number of amides is 1. The quantitative estimate of drug-likeness (QED) is 0.497. The molecular formula is C21H29NO3. The Labute approximate surface area is 151 Å². The standard InChI is InChI=1S/C21H29NO3/c1-4-5-13-25-21(23)22-12-11-20(17(2)14-22)18(3)15-24-16-19-9-7-6-8-10-19/h6-10,14,20H,3-5,11-13,15-16H2,1-2H3/t20-/m0/s1. The Morgan fingerprint density at radius 3 is 2.76 bits per heavy atom. The van der Waals surface area contributed by atoms with E-state index in [0.29, 0.717) is 26.4 Å². The molecule has 0 radical (unpaired) electrons. The average molecular weight is 343 g/mol. The second-order valence-electron chi connectivity index (χ2n) is 6.51. The Morgan fingerprint density at radius 1 is 1.32 bits per heavy atom. The van der Waals surface area contributed by atoms with Crippen molar-refractivity contribution in [1.29, 1.82) is 0 Å². The van der Waals surface area contributed by atoms with Gasteiger partial charge in [0.2, 0.25) is 0 Å². The number of allylic oxidation sites excluding steroid dienone is 1. The van der Waals surface area contributed by atoms with Gasteiger partial charge in [-0.05, 0) is 36.5 Å². The van der Waals surface area contributed by atoms with Crippen LogP contribution < -0.4 is 0 Å². The van der Waals surface area contributed by atoms with Crippen LogP contribution in [0.2, 0.25) is 0 Å². The van der Waals surface area contributed by atoms with Crippen LogP contribution in [-0.2, 0) is 16.1 Å². The lowest BCUT2D eigenvalue weighted by atomic mass is 9.88. The number of unbranched alkanes of at least 4 members (excludes halogenated alkanes) is 1. The Bertz CT molecular complexity index is 594. The number of benzene rings is 1. The fraction of sp³-hybridized carbons (Fsp3) is 0.476. The fourth-order valence-corrected chi connectivity index (χ4v) is 2.93. The summed E-state index contributed by atoms with van der Waals surface area (Å²) in [5.41, 5.74) is 3.35. The zero-order valence-electron chi connectivity index (χ0n) is 15.4. The van der Waals surface area contributed by atoms with E-state index in [2.05, 4.69) is 25.6 Å². The molecule has 1 aromatic rings. The molecule has 0 aliphatic carbocycles. The van der Waals surface area contributed by atoms with Crippen molar-refractivity contribution >= 4 is 6.09 Å². The first-order valence-electron chi connectivity index (χ1n) is 9.03. The summed E-state index contributed by atoms with van der Waals surface area (Å²) in [5.74, 6) is 0.260. The highest BCUT2D eigenvalue weighted by molar-refractivity contribution is 5.69. The van der Waals surface area contributed by atoms with Crippen molar-refractivity contribution in [2.75, 3.05) is 19.8 Å². The number of carbonyl (C=O) groups excluding carboxylic acids is 1. The van der Waals surface area contributed by atoms with Crippen LogP contribution in [-0.4, -0.2) is 30.8 Å². The number of ether oxygens (including phenoxy) is 2. The van der Waals surface area contributed by atoms with Crippen molar-refractivity contribution in [2.24, 2.45) is 5.92 Å². The van der Waals surface area contributed by atoms with Crippen LogP contribution in [0.5, 0.6) is 0 Å². The Kier molecular flexibility index (Phi) is 7.74. The molecule has 0 spiro atoms. The molecule has 1 atom stereocenters. The third kappa shape index (κ3) is 6.05. The van der Waals surface area contributed by atoms with Gasteiger partial charge in [-0.25, -0.2) is 4.79 Å². The first-order valence-corrected chi connectivity index (χ1v) is 9.03. The predicted octanol–water partition coefficient (Wildman–Crippen LogP) is 4.92. The second-order valence-corrected chi connectivity index (χ2v) is 6.51. The highest BCUT2D eigenvalue weighted by Gasteiger charge is 2.24. The molecule has 0 fully saturated rings. The monoisotopic (exact) mass is 343 g/mol. The van der Waals surface area contributed by atoms with Crippen LogP contribution in [0.4, 0.5) is 4.79 Å². The van der Waals surface area contributed by atoms with Crippen LogP contribution >= 0.6 is 0 Å². The molecule has 4 heteroatoms. The van der Waals surface area contributed by atoms with Gasteiger partial charge >= 0.3 is 6.09 Å². The van der Waals surface area contributed by atoms with Gasteiger partial charge in [0.25, 0.3) is 0 Å². The molecule has 0 unspecified atom stereocenters. The van der Waals surface area contributed by atoms with Gasteiger partial charge in [-0.1, -0.05) is 50.3 Å². The predicted molar refractivity (Wildman–Crippen MR) is 100 cm³/mol. The van der Waals surface area contributed by atoms with E-state index in [1.54, 1.807) is 4.90 Å². The van der Waals surface area contributed by atoms with E-state index in [1.807, 2.05) is 31.3 Å². The largest absolute Gasteiger partial charge is 0.449 e. The van der Waals surface area contributed by atoms with Crippen LogP contribution in [0.15, 0.2) is 54.3 Å². The molecule has 1 heterocycles. The number of nitrogens with zero attached hydrogens (tertiary/aromatic N) is 1. The maximum absolute atomic E-state index is 12.0. The molecular weight excluding hydrogens is 314 g/mol. The average Bonchev–Trinajstić information content (AvgIpc) is 2.62. The van der Waals surface area contributed by atoms with Crippen molar-refractivity contribution in [2.45, 2.75) is 39.7 Å². The minimum Gasteiger partial charge on any atom is -0.449 e. The Balaban J connectivity index is 1.79. The normalized spacial score (nSPS) is 17.1. The molecule has 0 saturated carbocycles. The van der Waals surface area contributed by atoms with Crippen molar-refractivity contribution in [3.8, 4) is 0 Å². The molecule has 0 bridgehead atoms. The second kappa shape index (κ2) is 10.0. The Morgan fingerprint density at radius 2 is 2.08 bits per heavy atom. The molecule has 1 amide bonds. The molecule has 0 aromatic heterocycles. The summed E-state index contributed by atoms with van der Waals surface area (Å²) in [4.78, 5) is 13.7. The van der Waals surface area contributed by atoms with E-state index in [4.69, 9.17) is 9.47 Å². The number of carbonyl (C=O) groups is 1. The van der Waals surface area contributed by atoms with Crippen LogP contribution in [0, 0.1) is 5.92 Å². The minimum absolute atomic E-state index is 0.253. The molecule has 25 heavy (non-hydrogen) atoms. The summed E-state index contributed by atoms with van der Waals surface area (Å²) in [7, 11) is 0. The molecule has 0 saturated heterocycles. The minimum atomic E-state index is -0.253. The van der Waals surface area contributed by atoms with Crippen molar-refractivity contribution in [3.63, 3.8) is 0 Å². The number of rotatable bonds is 8. The topological polar surface area (TPSA) is 38.8 Å². The van der Waals surface area contributed by atoms with Crippen LogP contribution in [0.1, 0.15) is 38.7 Å². The van der Waals surface area contributed by atoms with Gasteiger partial charge in [0.05, 0.1) is 19.8 Å². The lowest BCUT2D eigenvalue weighted by Gasteiger charge is -2.30. The van der Waals surface area contributed by atoms with E-state index in [-0.39, 0.29) is 12.0 Å². The van der Waals surface area contributed by atoms with Gasteiger partial charge in [0, 0.05) is 18.7 Å². The number of hydrogen-bond acceptors (Lipinski definition) is 3. The summed E-state index contributed by atoms with van der Waals surface area (Å²) < 4.78 is 11.1. The fourth-order valence-electron chi connectivity index (χ4n) is 2.93. The van der Waals surface area contributed by atoms with Gasteiger partial charge in [0.1, 0.15) is 0 Å². The number of hydrogen-bond donors (Lipinski definition) is 0. The summed E-state index contributed by atoms with van der Waals surface area (Å²) in [6.07, 6.45) is 4.43. The van der Waals surface area contributed by atoms with Crippen molar-refractivity contribution < 1.29 is 14.3 Å². The lowest BCUT2D eigenvalue weighted by molar-refractivity contribution is 0.110. The smallest absolute Gasteiger partial charge is 0.413 e. The van der Waals surface area contributed by atoms with Crippen LogP contribution in [0.3, 0.4) is 0 Å². The van der Waals surface area contributed by atoms with E-state index in [0.717, 1.165) is 36.0 Å². The molecule has 136 valence electrons.